The summed E-state index contributed by atoms with van der Waals surface area (Å²) in [5, 5.41) is 13.2. The third-order valence-corrected chi connectivity index (χ3v) is 5.04. The lowest BCUT2D eigenvalue weighted by Crippen LogP contribution is -2.02. The van der Waals surface area contributed by atoms with Crippen molar-refractivity contribution in [1.82, 2.24) is 4.98 Å². The molecule has 2 heterocycles. The quantitative estimate of drug-likeness (QED) is 0.335. The van der Waals surface area contributed by atoms with Crippen molar-refractivity contribution < 1.29 is 4.42 Å². The molecule has 2 aromatic heterocycles. The molecule has 0 amide bonds. The van der Waals surface area contributed by atoms with Gasteiger partial charge in [-0.1, -0.05) is 41.9 Å². The number of hydrogen-bond donors (Lipinski definition) is 0. The van der Waals surface area contributed by atoms with E-state index >= 15 is 0 Å². The number of nitrogens with zero attached hydrogens (tertiary/aromatic N) is 2. The van der Waals surface area contributed by atoms with Gasteiger partial charge in [0.1, 0.15) is 16.7 Å². The van der Waals surface area contributed by atoms with Gasteiger partial charge in [0, 0.05) is 15.8 Å². The fourth-order valence-electron chi connectivity index (χ4n) is 2.67. The Morgan fingerprint density at radius 2 is 2.04 bits per heavy atom. The minimum Gasteiger partial charge on any atom is -0.422 e. The molecule has 0 aliphatic carbocycles. The van der Waals surface area contributed by atoms with Crippen LogP contribution in [0.15, 0.2) is 69.2 Å². The number of benzene rings is 2. The minimum absolute atomic E-state index is 0.372. The van der Waals surface area contributed by atoms with Crippen molar-refractivity contribution in [2.24, 2.45) is 0 Å². The summed E-state index contributed by atoms with van der Waals surface area (Å²) in [5.41, 5.74) is 2.14. The molecule has 4 aromatic rings. The molecule has 2 aromatic carbocycles. The van der Waals surface area contributed by atoms with Crippen LogP contribution in [0.3, 0.4) is 0 Å². The average molecular weight is 391 g/mol. The van der Waals surface area contributed by atoms with Crippen LogP contribution in [0.25, 0.3) is 33.9 Å². The number of nitriles is 1. The summed E-state index contributed by atoms with van der Waals surface area (Å²) in [6.45, 7) is 0. The van der Waals surface area contributed by atoms with Gasteiger partial charge < -0.3 is 4.42 Å². The third kappa shape index (κ3) is 3.54. The second-order valence-electron chi connectivity index (χ2n) is 5.75. The lowest BCUT2D eigenvalue weighted by atomic mass is 10.1. The number of halogens is 1. The molecule has 130 valence electrons. The monoisotopic (exact) mass is 390 g/mol. The number of fused-ring (bicyclic) bond motifs is 1. The van der Waals surface area contributed by atoms with Gasteiger partial charge >= 0.3 is 5.63 Å². The van der Waals surface area contributed by atoms with Gasteiger partial charge in [-0.15, -0.1) is 11.3 Å². The molecule has 6 heteroatoms. The normalized spacial score (nSPS) is 11.5. The van der Waals surface area contributed by atoms with Gasteiger partial charge in [-0.2, -0.15) is 5.26 Å². The highest BCUT2D eigenvalue weighted by atomic mass is 35.5. The van der Waals surface area contributed by atoms with E-state index in [0.29, 0.717) is 32.4 Å². The lowest BCUT2D eigenvalue weighted by Gasteiger charge is -1.99. The van der Waals surface area contributed by atoms with Crippen LogP contribution in [-0.2, 0) is 0 Å². The van der Waals surface area contributed by atoms with E-state index in [1.165, 1.54) is 11.3 Å². The maximum atomic E-state index is 12.3. The zero-order valence-corrected chi connectivity index (χ0v) is 15.4. The molecule has 0 radical (unpaired) electrons. The molecule has 0 aliphatic heterocycles. The highest BCUT2D eigenvalue weighted by molar-refractivity contribution is 7.11. The molecule has 0 unspecified atom stereocenters. The van der Waals surface area contributed by atoms with Gasteiger partial charge in [0.15, 0.2) is 0 Å². The van der Waals surface area contributed by atoms with Gasteiger partial charge in [0.25, 0.3) is 0 Å². The van der Waals surface area contributed by atoms with Crippen LogP contribution in [0.5, 0.6) is 0 Å². The molecule has 0 fully saturated rings. The molecule has 0 saturated carbocycles. The van der Waals surface area contributed by atoms with E-state index in [1.807, 2.05) is 30.3 Å². The van der Waals surface area contributed by atoms with E-state index in [9.17, 15) is 10.1 Å². The molecular weight excluding hydrogens is 380 g/mol. The Bertz CT molecular complexity index is 1280. The number of rotatable bonds is 3. The number of para-hydroxylation sites is 1. The zero-order chi connectivity index (χ0) is 18.8. The number of thiazole rings is 1. The summed E-state index contributed by atoms with van der Waals surface area (Å²) in [7, 11) is 0. The van der Waals surface area contributed by atoms with Crippen LogP contribution in [0, 0.1) is 11.3 Å². The Morgan fingerprint density at radius 3 is 2.85 bits per heavy atom. The summed E-state index contributed by atoms with van der Waals surface area (Å²) >= 11 is 7.30. The lowest BCUT2D eigenvalue weighted by molar-refractivity contribution is 0.563. The maximum absolute atomic E-state index is 12.3. The van der Waals surface area contributed by atoms with Crippen molar-refractivity contribution in [3.05, 3.63) is 86.0 Å². The maximum Gasteiger partial charge on any atom is 0.345 e. The SMILES string of the molecule is N#C/C(=C/c1cccc(Cl)c1)c1nc(-c2cc3ccccc3oc2=O)cs1. The minimum atomic E-state index is -0.456. The first-order valence-electron chi connectivity index (χ1n) is 8.00. The predicted molar refractivity (Wildman–Crippen MR) is 109 cm³/mol. The first kappa shape index (κ1) is 17.2. The summed E-state index contributed by atoms with van der Waals surface area (Å²) in [6.07, 6.45) is 1.72. The first-order chi connectivity index (χ1) is 13.1. The molecule has 4 nitrogen and oxygen atoms in total. The van der Waals surface area contributed by atoms with Crippen molar-refractivity contribution in [3.63, 3.8) is 0 Å². The van der Waals surface area contributed by atoms with E-state index in [1.54, 1.807) is 35.7 Å². The fraction of sp³-hybridized carbons (Fsp3) is 0. The second-order valence-corrected chi connectivity index (χ2v) is 7.04. The molecular formula is C21H11ClN2O2S. The Morgan fingerprint density at radius 1 is 1.19 bits per heavy atom. The third-order valence-electron chi connectivity index (χ3n) is 3.93. The first-order valence-corrected chi connectivity index (χ1v) is 9.26. The standard InChI is InChI=1S/C21H11ClN2O2S/c22-16-6-3-4-13(9-16)8-15(11-23)20-24-18(12-27-20)17-10-14-5-1-2-7-19(14)26-21(17)25/h1-10,12H/b15-8-. The fourth-order valence-corrected chi connectivity index (χ4v) is 3.65. The zero-order valence-electron chi connectivity index (χ0n) is 13.8. The molecule has 0 spiro atoms. The molecule has 4 rings (SSSR count). The Hall–Kier alpha value is -3.20. The highest BCUT2D eigenvalue weighted by Crippen LogP contribution is 2.27. The van der Waals surface area contributed by atoms with Gasteiger partial charge in [-0.05, 0) is 35.9 Å². The Balaban J connectivity index is 1.76. The van der Waals surface area contributed by atoms with E-state index in [2.05, 4.69) is 11.1 Å². The second kappa shape index (κ2) is 7.20. The van der Waals surface area contributed by atoms with Crippen molar-refractivity contribution in [1.29, 1.82) is 5.26 Å². The van der Waals surface area contributed by atoms with Gasteiger partial charge in [-0.3, -0.25) is 0 Å². The van der Waals surface area contributed by atoms with E-state index in [4.69, 9.17) is 16.0 Å². The van der Waals surface area contributed by atoms with Gasteiger partial charge in [-0.25, -0.2) is 9.78 Å². The van der Waals surface area contributed by atoms with Gasteiger partial charge in [0.05, 0.1) is 16.8 Å². The Kier molecular flexibility index (Phi) is 4.59. The largest absolute Gasteiger partial charge is 0.422 e. The summed E-state index contributed by atoms with van der Waals surface area (Å²) in [6, 6.07) is 18.4. The van der Waals surface area contributed by atoms with Crippen LogP contribution in [0.4, 0.5) is 0 Å². The number of aromatic nitrogens is 1. The van der Waals surface area contributed by atoms with Crippen LogP contribution in [-0.4, -0.2) is 4.98 Å². The van der Waals surface area contributed by atoms with E-state index < -0.39 is 5.63 Å². The number of allylic oxidation sites excluding steroid dienone is 1. The van der Waals surface area contributed by atoms with E-state index in [-0.39, 0.29) is 0 Å². The smallest absolute Gasteiger partial charge is 0.345 e. The molecule has 0 atom stereocenters. The number of hydrogen-bond acceptors (Lipinski definition) is 5. The van der Waals surface area contributed by atoms with Crippen molar-refractivity contribution >= 4 is 45.6 Å². The Labute approximate surface area is 163 Å². The van der Waals surface area contributed by atoms with Crippen LogP contribution < -0.4 is 5.63 Å². The molecule has 0 aliphatic rings. The van der Waals surface area contributed by atoms with Crippen molar-refractivity contribution in [3.8, 4) is 17.3 Å². The summed E-state index contributed by atoms with van der Waals surface area (Å²) in [4.78, 5) is 16.8. The van der Waals surface area contributed by atoms with Gasteiger partial charge in [0.2, 0.25) is 0 Å². The van der Waals surface area contributed by atoms with Crippen molar-refractivity contribution in [2.45, 2.75) is 0 Å². The highest BCUT2D eigenvalue weighted by Gasteiger charge is 2.13. The average Bonchev–Trinajstić information content (AvgIpc) is 3.15. The molecule has 27 heavy (non-hydrogen) atoms. The summed E-state index contributed by atoms with van der Waals surface area (Å²) in [5.74, 6) is 0. The molecule has 0 bridgehead atoms. The predicted octanol–water partition coefficient (Wildman–Crippen LogP) is 5.63. The topological polar surface area (TPSA) is 66.9 Å². The van der Waals surface area contributed by atoms with Crippen LogP contribution >= 0.6 is 22.9 Å². The summed E-state index contributed by atoms with van der Waals surface area (Å²) < 4.78 is 5.37. The molecule has 0 N–H and O–H groups in total. The molecule has 0 saturated heterocycles. The van der Waals surface area contributed by atoms with Crippen molar-refractivity contribution in [2.75, 3.05) is 0 Å². The van der Waals surface area contributed by atoms with E-state index in [0.717, 1.165) is 10.9 Å². The van der Waals surface area contributed by atoms with Crippen LogP contribution in [0.2, 0.25) is 5.02 Å². The van der Waals surface area contributed by atoms with Crippen LogP contribution in [0.1, 0.15) is 10.6 Å².